The van der Waals surface area contributed by atoms with Gasteiger partial charge in [-0.25, -0.2) is 9.97 Å². The molecule has 2 fully saturated rings. The zero-order valence-electron chi connectivity index (χ0n) is 17.2. The predicted octanol–water partition coefficient (Wildman–Crippen LogP) is 1.36. The molecular weight excluding hydrogens is 382 g/mol. The number of aromatic nitrogens is 3. The number of rotatable bonds is 2. The molecular formula is C22H27N5O3. The number of aryl methyl sites for hydroxylation is 1. The second kappa shape index (κ2) is 7.83. The van der Waals surface area contributed by atoms with Crippen LogP contribution in [0.2, 0.25) is 0 Å². The third kappa shape index (κ3) is 3.39. The molecule has 2 aromatic heterocycles. The van der Waals surface area contributed by atoms with E-state index in [0.29, 0.717) is 32.8 Å². The van der Waals surface area contributed by atoms with Gasteiger partial charge in [-0.05, 0) is 31.9 Å². The van der Waals surface area contributed by atoms with Crippen molar-refractivity contribution in [3.05, 3.63) is 52.3 Å². The zero-order chi connectivity index (χ0) is 20.7. The van der Waals surface area contributed by atoms with Crippen molar-refractivity contribution in [2.24, 2.45) is 5.92 Å². The van der Waals surface area contributed by atoms with Gasteiger partial charge >= 0.3 is 0 Å². The van der Waals surface area contributed by atoms with Crippen molar-refractivity contribution in [2.75, 3.05) is 44.3 Å². The Morgan fingerprint density at radius 3 is 2.93 bits per heavy atom. The number of hydrogen-bond donors (Lipinski definition) is 0. The molecule has 2 bridgehead atoms. The number of nitrogens with zero attached hydrogens (tertiary/aromatic N) is 5. The molecule has 8 heteroatoms. The fraction of sp³-hybridized carbons (Fsp3) is 0.545. The van der Waals surface area contributed by atoms with Crippen LogP contribution in [-0.4, -0.2) is 64.7 Å². The molecule has 0 spiro atoms. The highest BCUT2D eigenvalue weighted by molar-refractivity contribution is 5.81. The summed E-state index contributed by atoms with van der Waals surface area (Å²) >= 11 is 0. The molecule has 0 saturated carbocycles. The van der Waals surface area contributed by atoms with Crippen LogP contribution in [0.15, 0.2) is 35.3 Å². The second-order valence-corrected chi connectivity index (χ2v) is 8.45. The maximum atomic E-state index is 13.7. The van der Waals surface area contributed by atoms with Crippen molar-refractivity contribution in [3.63, 3.8) is 0 Å². The highest BCUT2D eigenvalue weighted by atomic mass is 16.5. The van der Waals surface area contributed by atoms with Gasteiger partial charge in [-0.3, -0.25) is 14.2 Å². The van der Waals surface area contributed by atoms with E-state index in [1.165, 1.54) is 0 Å². The van der Waals surface area contributed by atoms with E-state index < -0.39 is 6.04 Å². The maximum Gasteiger partial charge on any atom is 0.251 e. The van der Waals surface area contributed by atoms with Crippen LogP contribution in [-0.2, 0) is 9.53 Å². The van der Waals surface area contributed by atoms with Crippen molar-refractivity contribution in [1.29, 1.82) is 0 Å². The molecule has 0 aliphatic carbocycles. The Labute approximate surface area is 175 Å². The minimum atomic E-state index is -0.478. The van der Waals surface area contributed by atoms with Crippen molar-refractivity contribution >= 4 is 11.7 Å². The molecule has 0 unspecified atom stereocenters. The lowest BCUT2D eigenvalue weighted by atomic mass is 9.78. The minimum absolute atomic E-state index is 0.0409. The summed E-state index contributed by atoms with van der Waals surface area (Å²) in [5.41, 5.74) is 0.872. The topological polar surface area (TPSA) is 80.6 Å². The highest BCUT2D eigenvalue weighted by Crippen LogP contribution is 2.42. The van der Waals surface area contributed by atoms with Crippen LogP contribution in [0.1, 0.15) is 36.3 Å². The fourth-order valence-electron chi connectivity index (χ4n) is 5.21. The van der Waals surface area contributed by atoms with E-state index >= 15 is 0 Å². The van der Waals surface area contributed by atoms with E-state index in [1.807, 2.05) is 30.0 Å². The van der Waals surface area contributed by atoms with Crippen LogP contribution in [0.5, 0.6) is 0 Å². The number of amides is 1. The molecule has 0 radical (unpaired) electrons. The summed E-state index contributed by atoms with van der Waals surface area (Å²) in [6.07, 6.45) is 3.51. The van der Waals surface area contributed by atoms with Crippen LogP contribution in [0.3, 0.4) is 0 Å². The van der Waals surface area contributed by atoms with Crippen molar-refractivity contribution in [2.45, 2.75) is 31.7 Å². The standard InChI is InChI=1S/C22H27N5O3/c1-15-23-7-6-19(24-15)26-13-16-12-17(14-26)21(27-18(16)4-2-5-20(27)28)22(29)25-8-3-10-30-11-9-25/h2,4-7,16-17,21H,3,8-14H2,1H3/t16-,17+,21+/m0/s1. The summed E-state index contributed by atoms with van der Waals surface area (Å²) in [6.45, 7) is 5.86. The molecule has 30 heavy (non-hydrogen) atoms. The Bertz CT molecular complexity index is 998. The SMILES string of the molecule is Cc1nccc(N2C[C@@H]3C[C@H](C2)[C@H](C(=O)N2CCCOCC2)n2c3cccc2=O)n1. The van der Waals surface area contributed by atoms with E-state index in [-0.39, 0.29) is 23.3 Å². The number of fused-ring (bicyclic) bond motifs is 4. The lowest BCUT2D eigenvalue weighted by Crippen LogP contribution is -2.54. The monoisotopic (exact) mass is 409 g/mol. The Morgan fingerprint density at radius 1 is 1.17 bits per heavy atom. The summed E-state index contributed by atoms with van der Waals surface area (Å²) in [5.74, 6) is 1.92. The third-order valence-electron chi connectivity index (χ3n) is 6.52. The van der Waals surface area contributed by atoms with E-state index in [9.17, 15) is 9.59 Å². The molecule has 158 valence electrons. The van der Waals surface area contributed by atoms with Gasteiger partial charge in [0, 0.05) is 62.6 Å². The first-order valence-corrected chi connectivity index (χ1v) is 10.7. The smallest absolute Gasteiger partial charge is 0.251 e. The Balaban J connectivity index is 1.53. The Hall–Kier alpha value is -2.74. The van der Waals surface area contributed by atoms with Crippen LogP contribution in [0.25, 0.3) is 0 Å². The van der Waals surface area contributed by atoms with Gasteiger partial charge in [0.1, 0.15) is 17.7 Å². The van der Waals surface area contributed by atoms with E-state index in [4.69, 9.17) is 4.74 Å². The summed E-state index contributed by atoms with van der Waals surface area (Å²) in [6, 6.07) is 6.83. The summed E-state index contributed by atoms with van der Waals surface area (Å²) in [5, 5.41) is 0. The molecule has 0 aromatic carbocycles. The lowest BCUT2D eigenvalue weighted by Gasteiger charge is -2.47. The predicted molar refractivity (Wildman–Crippen MR) is 112 cm³/mol. The molecule has 5 rings (SSSR count). The average molecular weight is 409 g/mol. The first kappa shape index (κ1) is 19.2. The largest absolute Gasteiger partial charge is 0.380 e. The van der Waals surface area contributed by atoms with Gasteiger partial charge < -0.3 is 14.5 Å². The number of anilines is 1. The molecule has 8 nitrogen and oxygen atoms in total. The van der Waals surface area contributed by atoms with Gasteiger partial charge in [0.25, 0.3) is 5.56 Å². The number of pyridine rings is 1. The number of ether oxygens (including phenoxy) is 1. The second-order valence-electron chi connectivity index (χ2n) is 8.45. The zero-order valence-corrected chi connectivity index (χ0v) is 17.2. The van der Waals surface area contributed by atoms with Gasteiger partial charge in [-0.1, -0.05) is 6.07 Å². The van der Waals surface area contributed by atoms with E-state index in [0.717, 1.165) is 36.7 Å². The van der Waals surface area contributed by atoms with Gasteiger partial charge in [0.15, 0.2) is 0 Å². The van der Waals surface area contributed by atoms with Crippen LogP contribution in [0, 0.1) is 12.8 Å². The van der Waals surface area contributed by atoms with Gasteiger partial charge in [-0.15, -0.1) is 0 Å². The Morgan fingerprint density at radius 2 is 2.07 bits per heavy atom. The van der Waals surface area contributed by atoms with Gasteiger partial charge in [0.05, 0.1) is 6.61 Å². The molecule has 1 amide bonds. The van der Waals surface area contributed by atoms with Crippen molar-refractivity contribution < 1.29 is 9.53 Å². The number of carbonyl (C=O) groups is 1. The van der Waals surface area contributed by atoms with Gasteiger partial charge in [0.2, 0.25) is 5.91 Å². The van der Waals surface area contributed by atoms with Gasteiger partial charge in [-0.2, -0.15) is 0 Å². The first-order valence-electron chi connectivity index (χ1n) is 10.7. The van der Waals surface area contributed by atoms with E-state index in [2.05, 4.69) is 14.9 Å². The number of hydrogen-bond acceptors (Lipinski definition) is 6. The third-order valence-corrected chi connectivity index (χ3v) is 6.52. The quantitative estimate of drug-likeness (QED) is 0.745. The average Bonchev–Trinajstić information content (AvgIpc) is 3.04. The van der Waals surface area contributed by atoms with E-state index in [1.54, 1.807) is 16.8 Å². The molecule has 3 aliphatic rings. The molecule has 3 atom stereocenters. The summed E-state index contributed by atoms with van der Waals surface area (Å²) < 4.78 is 7.31. The molecule has 0 N–H and O–H groups in total. The highest BCUT2D eigenvalue weighted by Gasteiger charge is 2.45. The maximum absolute atomic E-state index is 13.7. The number of piperidine rings is 1. The van der Waals surface area contributed by atoms with Crippen LogP contribution in [0.4, 0.5) is 5.82 Å². The normalized spacial score (nSPS) is 26.1. The molecule has 3 aliphatic heterocycles. The lowest BCUT2D eigenvalue weighted by molar-refractivity contribution is -0.137. The summed E-state index contributed by atoms with van der Waals surface area (Å²) in [7, 11) is 0. The first-order chi connectivity index (χ1) is 14.6. The Kier molecular flexibility index (Phi) is 5.02. The molecule has 2 saturated heterocycles. The number of carbonyl (C=O) groups excluding carboxylic acids is 1. The molecule has 5 heterocycles. The van der Waals surface area contributed by atoms with Crippen LogP contribution >= 0.6 is 0 Å². The molecule has 2 aromatic rings. The van der Waals surface area contributed by atoms with Crippen LogP contribution < -0.4 is 10.5 Å². The minimum Gasteiger partial charge on any atom is -0.380 e. The summed E-state index contributed by atoms with van der Waals surface area (Å²) in [4.78, 5) is 39.5. The van der Waals surface area contributed by atoms with Crippen molar-refractivity contribution in [3.8, 4) is 0 Å². The fourth-order valence-corrected chi connectivity index (χ4v) is 5.21. The van der Waals surface area contributed by atoms with Crippen molar-refractivity contribution in [1.82, 2.24) is 19.4 Å².